The largest absolute Gasteiger partial charge is 0.397 e. The average Bonchev–Trinajstić information content (AvgIpc) is 2.16. The van der Waals surface area contributed by atoms with Crippen LogP contribution in [0.2, 0.25) is 5.02 Å². The predicted molar refractivity (Wildman–Crippen MR) is 61.6 cm³/mol. The maximum Gasteiger partial charge on any atom is 0.144 e. The molecule has 0 aliphatic carbocycles. The predicted octanol–water partition coefficient (Wildman–Crippen LogP) is 2.78. The summed E-state index contributed by atoms with van der Waals surface area (Å²) in [6.07, 6.45) is 2.74. The van der Waals surface area contributed by atoms with Crippen LogP contribution in [0.1, 0.15) is 20.3 Å². The van der Waals surface area contributed by atoms with Crippen LogP contribution in [0, 0.1) is 5.92 Å². The van der Waals surface area contributed by atoms with Gasteiger partial charge >= 0.3 is 0 Å². The van der Waals surface area contributed by atoms with Gasteiger partial charge in [0.1, 0.15) is 5.82 Å². The van der Waals surface area contributed by atoms with Crippen molar-refractivity contribution in [2.24, 2.45) is 5.92 Å². The van der Waals surface area contributed by atoms with Crippen molar-refractivity contribution in [2.75, 3.05) is 17.6 Å². The Morgan fingerprint density at radius 2 is 2.36 bits per heavy atom. The van der Waals surface area contributed by atoms with Gasteiger partial charge in [0.2, 0.25) is 0 Å². The van der Waals surface area contributed by atoms with Crippen LogP contribution in [-0.4, -0.2) is 11.5 Å². The highest BCUT2D eigenvalue weighted by molar-refractivity contribution is 6.33. The molecule has 3 nitrogen and oxygen atoms in total. The number of anilines is 2. The fraction of sp³-hybridized carbons (Fsp3) is 0.500. The molecule has 0 aliphatic heterocycles. The molecular weight excluding hydrogens is 198 g/mol. The number of aromatic nitrogens is 1. The number of hydrogen-bond donors (Lipinski definition) is 2. The minimum Gasteiger partial charge on any atom is -0.397 e. The maximum atomic E-state index is 5.95. The third-order valence-electron chi connectivity index (χ3n) is 2.18. The van der Waals surface area contributed by atoms with Crippen molar-refractivity contribution < 1.29 is 0 Å². The van der Waals surface area contributed by atoms with Crippen LogP contribution >= 0.6 is 11.6 Å². The SMILES string of the molecule is CCC(C)CNc1ncc(N)cc1Cl. The molecule has 0 spiro atoms. The maximum absolute atomic E-state index is 5.95. The van der Waals surface area contributed by atoms with E-state index in [0.717, 1.165) is 13.0 Å². The van der Waals surface area contributed by atoms with E-state index in [-0.39, 0.29) is 0 Å². The molecule has 1 atom stereocenters. The molecule has 1 aromatic heterocycles. The topological polar surface area (TPSA) is 50.9 Å². The number of rotatable bonds is 4. The first-order chi connectivity index (χ1) is 6.63. The van der Waals surface area contributed by atoms with Gasteiger partial charge in [-0.15, -0.1) is 0 Å². The van der Waals surface area contributed by atoms with Crippen molar-refractivity contribution in [1.29, 1.82) is 0 Å². The lowest BCUT2D eigenvalue weighted by Crippen LogP contribution is -2.11. The van der Waals surface area contributed by atoms with Crippen LogP contribution in [-0.2, 0) is 0 Å². The van der Waals surface area contributed by atoms with Crippen molar-refractivity contribution in [3.05, 3.63) is 17.3 Å². The molecule has 1 unspecified atom stereocenters. The van der Waals surface area contributed by atoms with E-state index in [2.05, 4.69) is 24.1 Å². The highest BCUT2D eigenvalue weighted by atomic mass is 35.5. The number of nitrogens with two attached hydrogens (primary N) is 1. The number of nitrogens with zero attached hydrogens (tertiary/aromatic N) is 1. The Bertz CT molecular complexity index is 301. The number of nitrogen functional groups attached to an aromatic ring is 1. The molecule has 0 amide bonds. The molecule has 0 bridgehead atoms. The van der Waals surface area contributed by atoms with Crippen molar-refractivity contribution >= 4 is 23.1 Å². The first-order valence-corrected chi connectivity index (χ1v) is 5.16. The summed E-state index contributed by atoms with van der Waals surface area (Å²) < 4.78 is 0. The summed E-state index contributed by atoms with van der Waals surface area (Å²) in [6, 6.07) is 1.70. The Morgan fingerprint density at radius 1 is 1.64 bits per heavy atom. The lowest BCUT2D eigenvalue weighted by molar-refractivity contribution is 0.592. The summed E-state index contributed by atoms with van der Waals surface area (Å²) in [7, 11) is 0. The molecule has 0 saturated carbocycles. The van der Waals surface area contributed by atoms with E-state index >= 15 is 0 Å². The fourth-order valence-electron chi connectivity index (χ4n) is 0.998. The fourth-order valence-corrected chi connectivity index (χ4v) is 1.24. The molecule has 0 radical (unpaired) electrons. The van der Waals surface area contributed by atoms with Gasteiger partial charge in [0.25, 0.3) is 0 Å². The van der Waals surface area contributed by atoms with E-state index in [4.69, 9.17) is 17.3 Å². The average molecular weight is 214 g/mol. The molecule has 1 heterocycles. The summed E-state index contributed by atoms with van der Waals surface area (Å²) in [5.74, 6) is 1.33. The zero-order valence-corrected chi connectivity index (χ0v) is 9.30. The molecule has 0 aliphatic rings. The molecule has 0 saturated heterocycles. The summed E-state index contributed by atoms with van der Waals surface area (Å²) in [4.78, 5) is 4.12. The number of nitrogens with one attached hydrogen (secondary N) is 1. The van der Waals surface area contributed by atoms with Gasteiger partial charge in [0.05, 0.1) is 16.9 Å². The van der Waals surface area contributed by atoms with Gasteiger partial charge in [-0.2, -0.15) is 0 Å². The Balaban J connectivity index is 2.59. The first-order valence-electron chi connectivity index (χ1n) is 4.78. The standard InChI is InChI=1S/C10H16ClN3/c1-3-7(2)5-13-10-9(11)4-8(12)6-14-10/h4,6-7H,3,5,12H2,1-2H3,(H,13,14). The second kappa shape index (κ2) is 5.05. The molecule has 3 N–H and O–H groups in total. The number of halogens is 1. The van der Waals surface area contributed by atoms with E-state index in [0.29, 0.717) is 22.4 Å². The van der Waals surface area contributed by atoms with Crippen molar-refractivity contribution in [2.45, 2.75) is 20.3 Å². The molecule has 0 aromatic carbocycles. The second-order valence-corrected chi connectivity index (χ2v) is 3.90. The first kappa shape index (κ1) is 11.1. The van der Waals surface area contributed by atoms with E-state index in [1.165, 1.54) is 0 Å². The highest BCUT2D eigenvalue weighted by Crippen LogP contribution is 2.21. The van der Waals surface area contributed by atoms with E-state index in [9.17, 15) is 0 Å². The molecule has 4 heteroatoms. The van der Waals surface area contributed by atoms with Gasteiger partial charge in [-0.1, -0.05) is 31.9 Å². The quantitative estimate of drug-likeness (QED) is 0.809. The van der Waals surface area contributed by atoms with Gasteiger partial charge in [0.15, 0.2) is 0 Å². The van der Waals surface area contributed by atoms with Gasteiger partial charge in [-0.05, 0) is 12.0 Å². The summed E-state index contributed by atoms with van der Waals surface area (Å²) >= 11 is 5.95. The molecule has 0 fully saturated rings. The van der Waals surface area contributed by atoms with Gasteiger partial charge in [0, 0.05) is 6.54 Å². The molecule has 78 valence electrons. The Labute approximate surface area is 89.7 Å². The molecule has 1 aromatic rings. The van der Waals surface area contributed by atoms with Gasteiger partial charge in [-0.3, -0.25) is 0 Å². The number of pyridine rings is 1. The number of hydrogen-bond acceptors (Lipinski definition) is 3. The third-order valence-corrected chi connectivity index (χ3v) is 2.47. The third kappa shape index (κ3) is 3.07. The van der Waals surface area contributed by atoms with E-state index in [1.807, 2.05) is 0 Å². The Kier molecular flexibility index (Phi) is 4.01. The van der Waals surface area contributed by atoms with Crippen LogP contribution < -0.4 is 11.1 Å². The zero-order valence-electron chi connectivity index (χ0n) is 8.55. The lowest BCUT2D eigenvalue weighted by atomic mass is 10.1. The van der Waals surface area contributed by atoms with Crippen LogP contribution in [0.25, 0.3) is 0 Å². The van der Waals surface area contributed by atoms with E-state index in [1.54, 1.807) is 12.3 Å². The summed E-state index contributed by atoms with van der Waals surface area (Å²) in [6.45, 7) is 5.22. The summed E-state index contributed by atoms with van der Waals surface area (Å²) in [5, 5.41) is 3.77. The van der Waals surface area contributed by atoms with Crippen LogP contribution in [0.4, 0.5) is 11.5 Å². The molecular formula is C10H16ClN3. The van der Waals surface area contributed by atoms with Crippen LogP contribution in [0.5, 0.6) is 0 Å². The van der Waals surface area contributed by atoms with Crippen molar-refractivity contribution in [1.82, 2.24) is 4.98 Å². The van der Waals surface area contributed by atoms with Gasteiger partial charge < -0.3 is 11.1 Å². The lowest BCUT2D eigenvalue weighted by Gasteiger charge is -2.11. The molecule has 14 heavy (non-hydrogen) atoms. The minimum absolute atomic E-state index is 0.577. The highest BCUT2D eigenvalue weighted by Gasteiger charge is 2.03. The van der Waals surface area contributed by atoms with Gasteiger partial charge in [-0.25, -0.2) is 4.98 Å². The smallest absolute Gasteiger partial charge is 0.144 e. The van der Waals surface area contributed by atoms with Crippen molar-refractivity contribution in [3.8, 4) is 0 Å². The summed E-state index contributed by atoms with van der Waals surface area (Å²) in [5.41, 5.74) is 6.12. The molecule has 1 rings (SSSR count). The normalized spacial score (nSPS) is 12.5. The minimum atomic E-state index is 0.577. The van der Waals surface area contributed by atoms with Crippen LogP contribution in [0.15, 0.2) is 12.3 Å². The Hall–Kier alpha value is -0.960. The monoisotopic (exact) mass is 213 g/mol. The Morgan fingerprint density at radius 3 is 2.93 bits per heavy atom. The van der Waals surface area contributed by atoms with E-state index < -0.39 is 0 Å². The van der Waals surface area contributed by atoms with Crippen molar-refractivity contribution in [3.63, 3.8) is 0 Å². The zero-order chi connectivity index (χ0) is 10.6. The second-order valence-electron chi connectivity index (χ2n) is 3.49. The van der Waals surface area contributed by atoms with Crippen LogP contribution in [0.3, 0.4) is 0 Å².